The van der Waals surface area contributed by atoms with Crippen molar-refractivity contribution in [3.63, 3.8) is 0 Å². The van der Waals surface area contributed by atoms with Crippen molar-refractivity contribution in [2.75, 3.05) is 13.1 Å². The molecule has 2 rings (SSSR count). The van der Waals surface area contributed by atoms with Crippen LogP contribution < -0.4 is 5.32 Å². The van der Waals surface area contributed by atoms with Gasteiger partial charge in [-0.2, -0.15) is 0 Å². The van der Waals surface area contributed by atoms with Gasteiger partial charge in [0.25, 0.3) is 0 Å². The molecule has 0 spiro atoms. The molecule has 2 heterocycles. The summed E-state index contributed by atoms with van der Waals surface area (Å²) in [7, 11) is 0. The molecule has 1 unspecified atom stereocenters. The molecule has 1 aromatic heterocycles. The summed E-state index contributed by atoms with van der Waals surface area (Å²) in [5.74, 6) is 0.488. The first-order valence-electron chi connectivity index (χ1n) is 4.77. The van der Waals surface area contributed by atoms with Gasteiger partial charge in [-0.05, 0) is 47.4 Å². The molecular formula is C10H12BrNOS. The van der Waals surface area contributed by atoms with E-state index in [1.165, 1.54) is 11.3 Å². The summed E-state index contributed by atoms with van der Waals surface area (Å²) in [6.07, 6.45) is 2.14. The zero-order valence-electron chi connectivity index (χ0n) is 7.75. The Bertz CT molecular complexity index is 331. The molecule has 76 valence electrons. The number of carbonyl (C=O) groups is 1. The number of rotatable bonds is 2. The highest BCUT2D eigenvalue weighted by atomic mass is 79.9. The smallest absolute Gasteiger partial charge is 0.177 e. The molecule has 1 fully saturated rings. The molecule has 1 aromatic rings. The van der Waals surface area contributed by atoms with Gasteiger partial charge in [-0.3, -0.25) is 4.79 Å². The molecule has 0 radical (unpaired) electrons. The van der Waals surface area contributed by atoms with Crippen molar-refractivity contribution < 1.29 is 4.79 Å². The van der Waals surface area contributed by atoms with Crippen molar-refractivity contribution in [3.8, 4) is 0 Å². The minimum atomic E-state index is 0.189. The SMILES string of the molecule is O=C(c1ccc(Br)s1)C1CCCNC1. The summed E-state index contributed by atoms with van der Waals surface area (Å²) in [4.78, 5) is 12.8. The van der Waals surface area contributed by atoms with Gasteiger partial charge in [0.05, 0.1) is 8.66 Å². The Morgan fingerprint density at radius 1 is 1.57 bits per heavy atom. The van der Waals surface area contributed by atoms with E-state index in [0.29, 0.717) is 5.78 Å². The molecule has 4 heteroatoms. The summed E-state index contributed by atoms with van der Waals surface area (Å²) >= 11 is 4.90. The van der Waals surface area contributed by atoms with Gasteiger partial charge >= 0.3 is 0 Å². The lowest BCUT2D eigenvalue weighted by molar-refractivity contribution is 0.0904. The molecule has 0 aliphatic carbocycles. The summed E-state index contributed by atoms with van der Waals surface area (Å²) in [5.41, 5.74) is 0. The van der Waals surface area contributed by atoms with Crippen molar-refractivity contribution in [3.05, 3.63) is 20.8 Å². The van der Waals surface area contributed by atoms with Crippen molar-refractivity contribution in [2.24, 2.45) is 5.92 Å². The minimum Gasteiger partial charge on any atom is -0.316 e. The molecule has 1 aliphatic heterocycles. The van der Waals surface area contributed by atoms with E-state index >= 15 is 0 Å². The molecule has 14 heavy (non-hydrogen) atoms. The molecule has 2 nitrogen and oxygen atoms in total. The fourth-order valence-electron chi connectivity index (χ4n) is 1.72. The van der Waals surface area contributed by atoms with Crippen LogP contribution in [0.1, 0.15) is 22.5 Å². The molecule has 1 saturated heterocycles. The van der Waals surface area contributed by atoms with Gasteiger partial charge < -0.3 is 5.32 Å². The molecule has 0 amide bonds. The summed E-state index contributed by atoms with van der Waals surface area (Å²) < 4.78 is 1.03. The average Bonchev–Trinajstić information content (AvgIpc) is 2.65. The number of halogens is 1. The fraction of sp³-hybridized carbons (Fsp3) is 0.500. The highest BCUT2D eigenvalue weighted by Crippen LogP contribution is 2.26. The number of ketones is 1. The van der Waals surface area contributed by atoms with Crippen LogP contribution in [0.2, 0.25) is 0 Å². The first-order chi connectivity index (χ1) is 6.77. The van der Waals surface area contributed by atoms with Crippen LogP contribution in [0.5, 0.6) is 0 Å². The molecule has 1 atom stereocenters. The van der Waals surface area contributed by atoms with Crippen LogP contribution in [0.4, 0.5) is 0 Å². The van der Waals surface area contributed by atoms with Gasteiger partial charge in [0, 0.05) is 12.5 Å². The zero-order valence-corrected chi connectivity index (χ0v) is 10.2. The van der Waals surface area contributed by atoms with Gasteiger partial charge in [-0.1, -0.05) is 0 Å². The fourth-order valence-corrected chi connectivity index (χ4v) is 3.13. The molecule has 0 aromatic carbocycles. The Kier molecular flexibility index (Phi) is 3.36. The van der Waals surface area contributed by atoms with E-state index in [9.17, 15) is 4.79 Å². The normalized spacial score (nSPS) is 22.2. The molecule has 1 N–H and O–H groups in total. The third kappa shape index (κ3) is 2.24. The van der Waals surface area contributed by atoms with Crippen molar-refractivity contribution >= 4 is 33.0 Å². The number of piperidine rings is 1. The van der Waals surface area contributed by atoms with Gasteiger partial charge in [0.15, 0.2) is 5.78 Å². The van der Waals surface area contributed by atoms with E-state index in [2.05, 4.69) is 21.2 Å². The van der Waals surface area contributed by atoms with E-state index < -0.39 is 0 Å². The number of Topliss-reactive ketones (excluding diaryl/α,β-unsaturated/α-hetero) is 1. The highest BCUT2D eigenvalue weighted by Gasteiger charge is 2.22. The molecule has 0 bridgehead atoms. The second-order valence-corrected chi connectivity index (χ2v) is 5.97. The van der Waals surface area contributed by atoms with Gasteiger partial charge in [-0.15, -0.1) is 11.3 Å². The average molecular weight is 274 g/mol. The number of carbonyl (C=O) groups excluding carboxylic acids is 1. The largest absolute Gasteiger partial charge is 0.316 e. The maximum Gasteiger partial charge on any atom is 0.177 e. The Morgan fingerprint density at radius 3 is 3.00 bits per heavy atom. The summed E-state index contributed by atoms with van der Waals surface area (Å²) in [6, 6.07) is 3.85. The Morgan fingerprint density at radius 2 is 2.43 bits per heavy atom. The molecule has 1 aliphatic rings. The van der Waals surface area contributed by atoms with Crippen LogP contribution in [0, 0.1) is 5.92 Å². The van der Waals surface area contributed by atoms with Gasteiger partial charge in [-0.25, -0.2) is 0 Å². The lowest BCUT2D eigenvalue weighted by Crippen LogP contribution is -2.34. The predicted octanol–water partition coefficient (Wildman–Crippen LogP) is 2.69. The predicted molar refractivity (Wildman–Crippen MR) is 61.9 cm³/mol. The quantitative estimate of drug-likeness (QED) is 0.840. The van der Waals surface area contributed by atoms with Crippen LogP contribution in [0.3, 0.4) is 0 Å². The second kappa shape index (κ2) is 4.55. The van der Waals surface area contributed by atoms with Crippen molar-refractivity contribution in [2.45, 2.75) is 12.8 Å². The third-order valence-corrected chi connectivity index (χ3v) is 4.12. The number of hydrogen-bond acceptors (Lipinski definition) is 3. The van der Waals surface area contributed by atoms with Crippen molar-refractivity contribution in [1.82, 2.24) is 5.32 Å². The van der Waals surface area contributed by atoms with Crippen molar-refractivity contribution in [1.29, 1.82) is 0 Å². The Balaban J connectivity index is 2.07. The monoisotopic (exact) mass is 273 g/mol. The highest BCUT2D eigenvalue weighted by molar-refractivity contribution is 9.11. The van der Waals surface area contributed by atoms with E-state index in [0.717, 1.165) is 34.6 Å². The maximum atomic E-state index is 12.0. The van der Waals surface area contributed by atoms with Gasteiger partial charge in [0.2, 0.25) is 0 Å². The van der Waals surface area contributed by atoms with E-state index in [1.807, 2.05) is 12.1 Å². The van der Waals surface area contributed by atoms with Crippen LogP contribution in [0.15, 0.2) is 15.9 Å². The Hall–Kier alpha value is -0.190. The van der Waals surface area contributed by atoms with E-state index in [4.69, 9.17) is 0 Å². The maximum absolute atomic E-state index is 12.0. The first-order valence-corrected chi connectivity index (χ1v) is 6.38. The minimum absolute atomic E-state index is 0.189. The molecule has 0 saturated carbocycles. The van der Waals surface area contributed by atoms with Gasteiger partial charge in [0.1, 0.15) is 0 Å². The zero-order chi connectivity index (χ0) is 9.97. The lowest BCUT2D eigenvalue weighted by atomic mass is 9.94. The first kappa shape index (κ1) is 10.3. The molecular weight excluding hydrogens is 262 g/mol. The number of thiophene rings is 1. The topological polar surface area (TPSA) is 29.1 Å². The second-order valence-electron chi connectivity index (χ2n) is 3.51. The van der Waals surface area contributed by atoms with E-state index in [1.54, 1.807) is 0 Å². The standard InChI is InChI=1S/C10H12BrNOS/c11-9-4-3-8(14-9)10(13)7-2-1-5-12-6-7/h3-4,7,12H,1-2,5-6H2. The lowest BCUT2D eigenvalue weighted by Gasteiger charge is -2.20. The Labute approximate surface area is 95.8 Å². The number of nitrogens with one attached hydrogen (secondary N) is 1. The van der Waals surface area contributed by atoms with Crippen LogP contribution in [-0.4, -0.2) is 18.9 Å². The van der Waals surface area contributed by atoms with Crippen LogP contribution in [-0.2, 0) is 0 Å². The summed E-state index contributed by atoms with van der Waals surface area (Å²) in [6.45, 7) is 1.90. The van der Waals surface area contributed by atoms with Crippen LogP contribution >= 0.6 is 27.3 Å². The number of hydrogen-bond donors (Lipinski definition) is 1. The third-order valence-electron chi connectivity index (χ3n) is 2.48. The summed E-state index contributed by atoms with van der Waals surface area (Å²) in [5, 5.41) is 3.26. The van der Waals surface area contributed by atoms with Crippen LogP contribution in [0.25, 0.3) is 0 Å². The van der Waals surface area contributed by atoms with E-state index in [-0.39, 0.29) is 5.92 Å².